The Bertz CT molecular complexity index is 1720. The maximum atomic E-state index is 14.4. The molecule has 0 aromatic heterocycles. The van der Waals surface area contributed by atoms with E-state index >= 15 is 0 Å². The van der Waals surface area contributed by atoms with Crippen molar-refractivity contribution in [1.29, 1.82) is 0 Å². The van der Waals surface area contributed by atoms with E-state index in [1.165, 1.54) is 17.0 Å². The smallest absolute Gasteiger partial charge is 0.327 e. The van der Waals surface area contributed by atoms with Crippen LogP contribution in [0.5, 0.6) is 0 Å². The van der Waals surface area contributed by atoms with Crippen molar-refractivity contribution in [2.24, 2.45) is 0 Å². The highest BCUT2D eigenvalue weighted by molar-refractivity contribution is 6.31. The normalized spacial score (nSPS) is 20.8. The first-order chi connectivity index (χ1) is 20.7. The van der Waals surface area contributed by atoms with Gasteiger partial charge in [-0.05, 0) is 75.2 Å². The molecule has 3 aromatic rings. The fourth-order valence-electron chi connectivity index (χ4n) is 6.00. The zero-order valence-electron chi connectivity index (χ0n) is 23.1. The molecule has 1 saturated heterocycles. The highest BCUT2D eigenvalue weighted by Gasteiger charge is 2.42. The van der Waals surface area contributed by atoms with Crippen LogP contribution in [0.1, 0.15) is 58.4 Å². The van der Waals surface area contributed by atoms with Gasteiger partial charge in [0.1, 0.15) is 11.6 Å². The fraction of sp³-hybridized carbons (Fsp3) is 0.300. The number of alkyl halides is 3. The van der Waals surface area contributed by atoms with Crippen LogP contribution in [-0.2, 0) is 17.4 Å². The van der Waals surface area contributed by atoms with E-state index in [0.717, 1.165) is 18.6 Å². The van der Waals surface area contributed by atoms with Crippen molar-refractivity contribution in [2.45, 2.75) is 43.9 Å². The minimum absolute atomic E-state index is 0.0105. The number of halogens is 6. The number of urea groups is 1. The Morgan fingerprint density at radius 2 is 1.82 bits per heavy atom. The van der Waals surface area contributed by atoms with Gasteiger partial charge in [-0.25, -0.2) is 13.6 Å². The molecule has 3 aliphatic rings. The Balaban J connectivity index is 1.51. The Morgan fingerprint density at radius 3 is 2.52 bits per heavy atom. The SMILES string of the molecule is C[C@]1(C(=O)Nc2cc(NC(=O)c3cc(F)cc(C(F)(F)F)c3)c3c4c2CCN4C(=O)NC3c2cc(F)ccc2Cl)CCCN1. The number of benzene rings is 3. The molecule has 3 heterocycles. The third kappa shape index (κ3) is 5.23. The number of carbonyl (C=O) groups excluding carboxylic acids is 3. The topological polar surface area (TPSA) is 103 Å². The van der Waals surface area contributed by atoms with Crippen molar-refractivity contribution >= 4 is 46.5 Å². The zero-order valence-corrected chi connectivity index (χ0v) is 23.9. The molecule has 0 radical (unpaired) electrons. The maximum Gasteiger partial charge on any atom is 0.416 e. The van der Waals surface area contributed by atoms with Gasteiger partial charge in [-0.2, -0.15) is 13.2 Å². The average molecular weight is 634 g/mol. The van der Waals surface area contributed by atoms with E-state index in [4.69, 9.17) is 11.6 Å². The third-order valence-electron chi connectivity index (χ3n) is 8.22. The summed E-state index contributed by atoms with van der Waals surface area (Å²) in [5, 5.41) is 11.5. The van der Waals surface area contributed by atoms with E-state index in [9.17, 15) is 36.3 Å². The largest absolute Gasteiger partial charge is 0.416 e. The van der Waals surface area contributed by atoms with Crippen molar-refractivity contribution in [3.8, 4) is 0 Å². The van der Waals surface area contributed by atoms with Gasteiger partial charge >= 0.3 is 12.2 Å². The van der Waals surface area contributed by atoms with Gasteiger partial charge in [0.05, 0.1) is 28.5 Å². The van der Waals surface area contributed by atoms with Crippen molar-refractivity contribution in [2.75, 3.05) is 28.6 Å². The van der Waals surface area contributed by atoms with Crippen molar-refractivity contribution in [3.05, 3.63) is 86.9 Å². The van der Waals surface area contributed by atoms with Crippen LogP contribution >= 0.6 is 11.6 Å². The summed E-state index contributed by atoms with van der Waals surface area (Å²) in [4.78, 5) is 41.5. The number of amides is 4. The number of rotatable bonds is 5. The highest BCUT2D eigenvalue weighted by atomic mass is 35.5. The second-order valence-corrected chi connectivity index (χ2v) is 11.6. The van der Waals surface area contributed by atoms with Crippen LogP contribution < -0.4 is 26.2 Å². The lowest BCUT2D eigenvalue weighted by Crippen LogP contribution is -2.48. The molecule has 0 spiro atoms. The molecule has 0 bridgehead atoms. The van der Waals surface area contributed by atoms with Crippen LogP contribution in [0.15, 0.2) is 42.5 Å². The van der Waals surface area contributed by atoms with Crippen LogP contribution in [0.4, 0.5) is 43.8 Å². The minimum Gasteiger partial charge on any atom is -0.327 e. The molecule has 0 aliphatic carbocycles. The van der Waals surface area contributed by atoms with Gasteiger partial charge in [-0.1, -0.05) is 11.6 Å². The van der Waals surface area contributed by atoms with Crippen molar-refractivity contribution < 1.29 is 36.3 Å². The molecule has 3 aromatic carbocycles. The van der Waals surface area contributed by atoms with Gasteiger partial charge in [0.25, 0.3) is 5.91 Å². The number of nitrogens with one attached hydrogen (secondary N) is 4. The average Bonchev–Trinajstić information content (AvgIpc) is 3.61. The lowest BCUT2D eigenvalue weighted by atomic mass is 9.90. The molecule has 6 rings (SSSR count). The van der Waals surface area contributed by atoms with Gasteiger partial charge in [-0.3, -0.25) is 14.5 Å². The lowest BCUT2D eigenvalue weighted by Gasteiger charge is -2.35. The monoisotopic (exact) mass is 633 g/mol. The van der Waals surface area contributed by atoms with Crippen LogP contribution in [0.25, 0.3) is 0 Å². The molecule has 44 heavy (non-hydrogen) atoms. The molecule has 8 nitrogen and oxygen atoms in total. The predicted molar refractivity (Wildman–Crippen MR) is 153 cm³/mol. The number of carbonyl (C=O) groups is 3. The van der Waals surface area contributed by atoms with E-state index in [1.807, 2.05) is 0 Å². The first kappa shape index (κ1) is 29.8. The molecular weight excluding hydrogens is 609 g/mol. The second kappa shape index (κ2) is 10.7. The molecular formula is C30H25ClF5N5O3. The van der Waals surface area contributed by atoms with Gasteiger partial charge in [0, 0.05) is 39.5 Å². The van der Waals surface area contributed by atoms with Crippen molar-refractivity contribution in [1.82, 2.24) is 10.6 Å². The summed E-state index contributed by atoms with van der Waals surface area (Å²) in [6.45, 7) is 2.60. The summed E-state index contributed by atoms with van der Waals surface area (Å²) in [5.41, 5.74) is -1.24. The van der Waals surface area contributed by atoms with E-state index in [1.54, 1.807) is 6.92 Å². The van der Waals surface area contributed by atoms with Crippen molar-refractivity contribution in [3.63, 3.8) is 0 Å². The molecule has 0 saturated carbocycles. The highest BCUT2D eigenvalue weighted by Crippen LogP contribution is 2.49. The molecule has 1 fully saturated rings. The molecule has 230 valence electrons. The summed E-state index contributed by atoms with van der Waals surface area (Å²) < 4.78 is 68.8. The number of anilines is 3. The van der Waals surface area contributed by atoms with Gasteiger partial charge in [0.15, 0.2) is 0 Å². The van der Waals surface area contributed by atoms with Crippen LogP contribution in [0.3, 0.4) is 0 Å². The second-order valence-electron chi connectivity index (χ2n) is 11.2. The van der Waals surface area contributed by atoms with Crippen LogP contribution in [-0.4, -0.2) is 36.5 Å². The summed E-state index contributed by atoms with van der Waals surface area (Å²) in [5.74, 6) is -3.36. The van der Waals surface area contributed by atoms with Crippen LogP contribution in [0.2, 0.25) is 5.02 Å². The maximum absolute atomic E-state index is 14.4. The number of hydrogen-bond acceptors (Lipinski definition) is 4. The van der Waals surface area contributed by atoms with E-state index in [2.05, 4.69) is 21.3 Å². The van der Waals surface area contributed by atoms with Gasteiger partial charge in [-0.15, -0.1) is 0 Å². The molecule has 3 aliphatic heterocycles. The van der Waals surface area contributed by atoms with E-state index in [-0.39, 0.29) is 46.0 Å². The third-order valence-corrected chi connectivity index (χ3v) is 8.57. The Kier molecular flexibility index (Phi) is 7.28. The standard InChI is InChI=1S/C30H25ClF5N5O3/c1-29(6-2-7-37-29)27(43)39-21-13-22(38-26(42)14-9-15(30(34,35)36)11-17(33)10-14)23-24(19-12-16(32)3-4-20(19)31)40-28(44)41-8-5-18(21)25(23)41/h3-4,9-13,24,37H,2,5-8H2,1H3,(H,38,42)(H,39,43)(H,40,44)/t24?,29-/m1/s1. The predicted octanol–water partition coefficient (Wildman–Crippen LogP) is 6.15. The fourth-order valence-corrected chi connectivity index (χ4v) is 6.23. The Labute approximate surface area is 252 Å². The molecule has 1 unspecified atom stereocenters. The molecule has 2 atom stereocenters. The summed E-state index contributed by atoms with van der Waals surface area (Å²) in [6.07, 6.45) is -3.24. The quantitative estimate of drug-likeness (QED) is 0.253. The molecule has 4 amide bonds. The van der Waals surface area contributed by atoms with E-state index in [0.29, 0.717) is 42.8 Å². The lowest BCUT2D eigenvalue weighted by molar-refractivity contribution is -0.137. The van der Waals surface area contributed by atoms with Gasteiger partial charge in [0.2, 0.25) is 5.91 Å². The minimum atomic E-state index is -4.91. The van der Waals surface area contributed by atoms with Gasteiger partial charge < -0.3 is 21.3 Å². The Hall–Kier alpha value is -4.23. The summed E-state index contributed by atoms with van der Waals surface area (Å²) >= 11 is 6.42. The molecule has 14 heteroatoms. The summed E-state index contributed by atoms with van der Waals surface area (Å²) in [7, 11) is 0. The van der Waals surface area contributed by atoms with E-state index < -0.39 is 52.5 Å². The molecule has 4 N–H and O–H groups in total. The first-order valence-electron chi connectivity index (χ1n) is 13.7. The number of nitrogens with zero attached hydrogens (tertiary/aromatic N) is 1. The first-order valence-corrected chi connectivity index (χ1v) is 14.1. The Morgan fingerprint density at radius 1 is 1.05 bits per heavy atom. The number of hydrogen-bond donors (Lipinski definition) is 4. The summed E-state index contributed by atoms with van der Waals surface area (Å²) in [6, 6.07) is 4.82. The zero-order chi connectivity index (χ0) is 31.6. The van der Waals surface area contributed by atoms with Crippen LogP contribution in [0, 0.1) is 11.6 Å².